The van der Waals surface area contributed by atoms with Gasteiger partial charge in [-0.3, -0.25) is 10.1 Å². The maximum absolute atomic E-state index is 11.7. The van der Waals surface area contributed by atoms with Gasteiger partial charge in [0.2, 0.25) is 5.09 Å². The van der Waals surface area contributed by atoms with Gasteiger partial charge in [-0.05, 0) is 19.2 Å². The topological polar surface area (TPSA) is 101 Å². The molecule has 2 aromatic heterocycles. The Morgan fingerprint density at radius 3 is 2.83 bits per heavy atom. The fourth-order valence-electron chi connectivity index (χ4n) is 1.13. The van der Waals surface area contributed by atoms with Gasteiger partial charge in [-0.2, -0.15) is 0 Å². The molecule has 2 N–H and O–H groups in total. The van der Waals surface area contributed by atoms with Crippen molar-refractivity contribution in [2.45, 2.75) is 5.09 Å². The number of furan rings is 1. The molecule has 0 aliphatic carbocycles. The summed E-state index contributed by atoms with van der Waals surface area (Å²) >= 11 is 1.25. The second kappa shape index (κ2) is 4.88. The van der Waals surface area contributed by atoms with Gasteiger partial charge >= 0.3 is 0 Å². The summed E-state index contributed by atoms with van der Waals surface area (Å²) in [5.41, 5.74) is 0. The van der Waals surface area contributed by atoms with Crippen LogP contribution in [0.5, 0.6) is 0 Å². The summed E-state index contributed by atoms with van der Waals surface area (Å²) in [4.78, 5) is 15.6. The molecule has 0 aromatic carbocycles. The van der Waals surface area contributed by atoms with E-state index in [-0.39, 0.29) is 10.9 Å². The lowest BCUT2D eigenvalue weighted by Crippen LogP contribution is -2.18. The highest BCUT2D eigenvalue weighted by atomic mass is 32.2. The van der Waals surface area contributed by atoms with Crippen molar-refractivity contribution in [2.75, 3.05) is 12.4 Å². The zero-order valence-corrected chi connectivity index (χ0v) is 10.8. The maximum atomic E-state index is 11.7. The van der Waals surface area contributed by atoms with Gasteiger partial charge in [0.05, 0.1) is 0 Å². The average molecular weight is 287 g/mol. The van der Waals surface area contributed by atoms with Crippen LogP contribution in [0.2, 0.25) is 0 Å². The number of rotatable bonds is 4. The zero-order valence-electron chi connectivity index (χ0n) is 9.21. The molecule has 1 amide bonds. The summed E-state index contributed by atoms with van der Waals surface area (Å²) < 4.78 is 29.9. The lowest BCUT2D eigenvalue weighted by Gasteiger charge is -1.98. The average Bonchev–Trinajstić information content (AvgIpc) is 2.99. The van der Waals surface area contributed by atoms with Crippen molar-refractivity contribution in [3.63, 3.8) is 0 Å². The number of carbonyl (C=O) groups is 1. The fourth-order valence-corrected chi connectivity index (χ4v) is 2.30. The SMILES string of the molecule is CNS(=O)(=O)c1ccc(C(=O)Nc2nccs2)o1. The molecular formula is C9H9N3O4S2. The summed E-state index contributed by atoms with van der Waals surface area (Å²) in [5, 5.41) is 4.28. The lowest BCUT2D eigenvalue weighted by atomic mass is 10.4. The Morgan fingerprint density at radius 2 is 2.22 bits per heavy atom. The van der Waals surface area contributed by atoms with Crippen molar-refractivity contribution in [3.8, 4) is 0 Å². The second-order valence-corrected chi connectivity index (χ2v) is 5.83. The van der Waals surface area contributed by atoms with E-state index in [0.29, 0.717) is 5.13 Å². The Labute approximate surface area is 107 Å². The van der Waals surface area contributed by atoms with Crippen molar-refractivity contribution < 1.29 is 17.6 Å². The summed E-state index contributed by atoms with van der Waals surface area (Å²) in [6.07, 6.45) is 1.54. The summed E-state index contributed by atoms with van der Waals surface area (Å²) in [6, 6.07) is 2.50. The van der Waals surface area contributed by atoms with Crippen molar-refractivity contribution >= 4 is 32.4 Å². The van der Waals surface area contributed by atoms with Crippen molar-refractivity contribution in [2.24, 2.45) is 0 Å². The number of sulfonamides is 1. The van der Waals surface area contributed by atoms with E-state index >= 15 is 0 Å². The zero-order chi connectivity index (χ0) is 13.2. The van der Waals surface area contributed by atoms with Crippen LogP contribution >= 0.6 is 11.3 Å². The first-order valence-corrected chi connectivity index (χ1v) is 7.13. The highest BCUT2D eigenvalue weighted by Gasteiger charge is 2.19. The van der Waals surface area contributed by atoms with Gasteiger partial charge in [0, 0.05) is 11.6 Å². The quantitative estimate of drug-likeness (QED) is 0.869. The van der Waals surface area contributed by atoms with Crippen LogP contribution in [0, 0.1) is 0 Å². The minimum Gasteiger partial charge on any atom is -0.438 e. The van der Waals surface area contributed by atoms with E-state index in [0.717, 1.165) is 0 Å². The van der Waals surface area contributed by atoms with E-state index in [1.54, 1.807) is 11.6 Å². The lowest BCUT2D eigenvalue weighted by molar-refractivity contribution is 0.0991. The maximum Gasteiger partial charge on any atom is 0.293 e. The molecular weight excluding hydrogens is 278 g/mol. The Hall–Kier alpha value is -1.71. The second-order valence-electron chi connectivity index (χ2n) is 3.12. The summed E-state index contributed by atoms with van der Waals surface area (Å²) in [5.74, 6) is -0.651. The number of amides is 1. The molecule has 2 rings (SSSR count). The van der Waals surface area contributed by atoms with Crippen LogP contribution in [0.25, 0.3) is 0 Å². The number of aromatic nitrogens is 1. The molecule has 9 heteroatoms. The molecule has 0 fully saturated rings. The number of carbonyl (C=O) groups excluding carboxylic acids is 1. The van der Waals surface area contributed by atoms with Crippen LogP contribution in [0.1, 0.15) is 10.6 Å². The van der Waals surface area contributed by atoms with E-state index in [2.05, 4.69) is 15.0 Å². The number of hydrogen-bond donors (Lipinski definition) is 2. The Kier molecular flexibility index (Phi) is 3.45. The fraction of sp³-hybridized carbons (Fsp3) is 0.111. The first kappa shape index (κ1) is 12.7. The van der Waals surface area contributed by atoms with Crippen LogP contribution in [0.4, 0.5) is 5.13 Å². The highest BCUT2D eigenvalue weighted by molar-refractivity contribution is 7.89. The van der Waals surface area contributed by atoms with Gasteiger partial charge in [0.15, 0.2) is 10.9 Å². The van der Waals surface area contributed by atoms with Crippen LogP contribution in [-0.4, -0.2) is 26.4 Å². The standard InChI is InChI=1S/C9H9N3O4S2/c1-10-18(14,15)7-3-2-6(16-7)8(13)12-9-11-4-5-17-9/h2-5,10H,1H3,(H,11,12,13). The molecule has 0 radical (unpaired) electrons. The predicted molar refractivity (Wildman–Crippen MR) is 65.0 cm³/mol. The Balaban J connectivity index is 2.18. The molecule has 0 saturated heterocycles. The van der Waals surface area contributed by atoms with Gasteiger partial charge in [-0.15, -0.1) is 11.3 Å². The molecule has 7 nitrogen and oxygen atoms in total. The van der Waals surface area contributed by atoms with Gasteiger partial charge in [0.25, 0.3) is 15.9 Å². The monoisotopic (exact) mass is 287 g/mol. The molecule has 18 heavy (non-hydrogen) atoms. The molecule has 0 saturated carbocycles. The number of hydrogen-bond acceptors (Lipinski definition) is 6. The van der Waals surface area contributed by atoms with Crippen LogP contribution in [-0.2, 0) is 10.0 Å². The van der Waals surface area contributed by atoms with Gasteiger partial charge in [-0.1, -0.05) is 0 Å². The van der Waals surface area contributed by atoms with Gasteiger partial charge in [0.1, 0.15) is 0 Å². The Bertz CT molecular complexity index is 645. The molecule has 0 aliphatic rings. The molecule has 2 aromatic rings. The predicted octanol–water partition coefficient (Wildman–Crippen LogP) is 0.896. The van der Waals surface area contributed by atoms with Crippen LogP contribution in [0.15, 0.2) is 33.2 Å². The summed E-state index contributed by atoms with van der Waals surface area (Å²) in [6.45, 7) is 0. The smallest absolute Gasteiger partial charge is 0.293 e. The largest absolute Gasteiger partial charge is 0.438 e. The number of thiazole rings is 1. The number of nitrogens with one attached hydrogen (secondary N) is 2. The molecule has 2 heterocycles. The molecule has 0 spiro atoms. The minimum absolute atomic E-state index is 0.0981. The van der Waals surface area contributed by atoms with E-state index in [9.17, 15) is 13.2 Å². The van der Waals surface area contributed by atoms with Gasteiger partial charge in [-0.25, -0.2) is 18.1 Å². The van der Waals surface area contributed by atoms with Crippen molar-refractivity contribution in [1.29, 1.82) is 0 Å². The van der Waals surface area contributed by atoms with E-state index in [1.807, 2.05) is 0 Å². The van der Waals surface area contributed by atoms with Crippen molar-refractivity contribution in [1.82, 2.24) is 9.71 Å². The first-order valence-electron chi connectivity index (χ1n) is 4.77. The van der Waals surface area contributed by atoms with Gasteiger partial charge < -0.3 is 4.42 Å². The third-order valence-corrected chi connectivity index (χ3v) is 3.97. The first-order chi connectivity index (χ1) is 8.53. The number of anilines is 1. The van der Waals surface area contributed by atoms with E-state index in [1.165, 1.54) is 30.5 Å². The molecule has 0 unspecified atom stereocenters. The number of nitrogens with zero attached hydrogens (tertiary/aromatic N) is 1. The third-order valence-electron chi connectivity index (χ3n) is 1.99. The third kappa shape index (κ3) is 2.58. The molecule has 96 valence electrons. The minimum atomic E-state index is -3.68. The van der Waals surface area contributed by atoms with Crippen LogP contribution < -0.4 is 10.0 Å². The Morgan fingerprint density at radius 1 is 1.44 bits per heavy atom. The molecule has 0 atom stereocenters. The normalized spacial score (nSPS) is 11.4. The van der Waals surface area contributed by atoms with E-state index in [4.69, 9.17) is 4.42 Å². The van der Waals surface area contributed by atoms with Crippen molar-refractivity contribution in [3.05, 3.63) is 29.5 Å². The molecule has 0 aliphatic heterocycles. The highest BCUT2D eigenvalue weighted by Crippen LogP contribution is 2.16. The van der Waals surface area contributed by atoms with E-state index < -0.39 is 15.9 Å². The van der Waals surface area contributed by atoms with Crippen LogP contribution in [0.3, 0.4) is 0 Å². The summed E-state index contributed by atoms with van der Waals surface area (Å²) in [7, 11) is -2.43. The molecule has 0 bridgehead atoms.